The molecule has 106 valence electrons. The van der Waals surface area contributed by atoms with Crippen LogP contribution in [0.3, 0.4) is 0 Å². The summed E-state index contributed by atoms with van der Waals surface area (Å²) >= 11 is 0. The average Bonchev–Trinajstić information content (AvgIpc) is 2.38. The van der Waals surface area contributed by atoms with E-state index < -0.39 is 0 Å². The topological polar surface area (TPSA) is 55.8 Å². The molecule has 0 saturated carbocycles. The molecule has 1 atom stereocenters. The van der Waals surface area contributed by atoms with Crippen molar-refractivity contribution in [2.24, 2.45) is 0 Å². The minimum atomic E-state index is -0.289. The van der Waals surface area contributed by atoms with E-state index in [4.69, 9.17) is 14.6 Å². The number of unbranched alkanes of at least 4 members (excludes halogenated alkanes) is 2. The van der Waals surface area contributed by atoms with Gasteiger partial charge in [0.1, 0.15) is 11.9 Å². The Labute approximate surface area is 114 Å². The highest BCUT2D eigenvalue weighted by atomic mass is 16.5. The Morgan fingerprint density at radius 3 is 2.79 bits per heavy atom. The molecular formula is C15H22O4. The molecule has 0 spiro atoms. The molecular weight excluding hydrogens is 244 g/mol. The van der Waals surface area contributed by atoms with Crippen molar-refractivity contribution < 1.29 is 19.4 Å². The first kappa shape index (κ1) is 15.5. The van der Waals surface area contributed by atoms with E-state index in [1.165, 1.54) is 6.92 Å². The molecule has 4 heteroatoms. The lowest BCUT2D eigenvalue weighted by atomic mass is 10.1. The summed E-state index contributed by atoms with van der Waals surface area (Å²) in [6.07, 6.45) is 2.42. The summed E-state index contributed by atoms with van der Waals surface area (Å²) in [6.45, 7) is 4.10. The van der Waals surface area contributed by atoms with Crippen LogP contribution in [-0.4, -0.2) is 24.3 Å². The van der Waals surface area contributed by atoms with Crippen LogP contribution in [0.1, 0.15) is 44.8 Å². The Hall–Kier alpha value is -1.55. The van der Waals surface area contributed by atoms with E-state index in [1.807, 2.05) is 31.2 Å². The Morgan fingerprint density at radius 2 is 2.11 bits per heavy atom. The predicted octanol–water partition coefficient (Wildman–Crippen LogP) is 2.85. The van der Waals surface area contributed by atoms with Crippen LogP contribution in [0.25, 0.3) is 0 Å². The summed E-state index contributed by atoms with van der Waals surface area (Å²) in [6, 6.07) is 7.57. The predicted molar refractivity (Wildman–Crippen MR) is 73.1 cm³/mol. The number of aliphatic hydroxyl groups excluding tert-OH is 1. The molecule has 0 amide bonds. The number of carbonyl (C=O) groups is 1. The number of hydrogen-bond donors (Lipinski definition) is 1. The maximum Gasteiger partial charge on any atom is 0.303 e. The highest BCUT2D eigenvalue weighted by Gasteiger charge is 2.09. The molecule has 0 heterocycles. The fourth-order valence-electron chi connectivity index (χ4n) is 1.75. The van der Waals surface area contributed by atoms with E-state index in [0.717, 1.165) is 30.6 Å². The first-order valence-electron chi connectivity index (χ1n) is 6.64. The third-order valence-corrected chi connectivity index (χ3v) is 2.74. The number of carbonyl (C=O) groups excluding carboxylic acids is 1. The Kier molecular flexibility index (Phi) is 6.97. The summed E-state index contributed by atoms with van der Waals surface area (Å²) in [4.78, 5) is 10.9. The van der Waals surface area contributed by atoms with E-state index in [2.05, 4.69) is 0 Å². The van der Waals surface area contributed by atoms with E-state index >= 15 is 0 Å². The third kappa shape index (κ3) is 6.25. The van der Waals surface area contributed by atoms with E-state index in [9.17, 15) is 4.79 Å². The molecule has 1 unspecified atom stereocenters. The lowest BCUT2D eigenvalue weighted by Gasteiger charge is -2.13. The van der Waals surface area contributed by atoms with Gasteiger partial charge in [-0.2, -0.15) is 0 Å². The molecule has 0 aliphatic rings. The number of ether oxygens (including phenoxy) is 2. The molecule has 1 aromatic rings. The van der Waals surface area contributed by atoms with Crippen LogP contribution < -0.4 is 4.74 Å². The third-order valence-electron chi connectivity index (χ3n) is 2.74. The van der Waals surface area contributed by atoms with Gasteiger partial charge in [-0.15, -0.1) is 0 Å². The van der Waals surface area contributed by atoms with Crippen molar-refractivity contribution in [3.63, 3.8) is 0 Å². The number of rotatable bonds is 8. The van der Waals surface area contributed by atoms with Crippen molar-refractivity contribution in [1.82, 2.24) is 0 Å². The number of hydrogen-bond acceptors (Lipinski definition) is 4. The number of benzene rings is 1. The molecule has 1 rings (SSSR count). The molecule has 0 saturated heterocycles. The smallest absolute Gasteiger partial charge is 0.303 e. The SMILES string of the molecule is CC(=O)OC(C)c1cccc(OCCCCCO)c1. The minimum Gasteiger partial charge on any atom is -0.494 e. The summed E-state index contributed by atoms with van der Waals surface area (Å²) in [5.41, 5.74) is 0.919. The van der Waals surface area contributed by atoms with Crippen LogP contribution in [0.5, 0.6) is 5.75 Å². The van der Waals surface area contributed by atoms with Crippen molar-refractivity contribution >= 4 is 5.97 Å². The second-order valence-corrected chi connectivity index (χ2v) is 4.46. The van der Waals surface area contributed by atoms with Crippen molar-refractivity contribution in [3.8, 4) is 5.75 Å². The molecule has 1 aromatic carbocycles. The van der Waals surface area contributed by atoms with Crippen molar-refractivity contribution in [3.05, 3.63) is 29.8 Å². The molecule has 4 nitrogen and oxygen atoms in total. The lowest BCUT2D eigenvalue weighted by Crippen LogP contribution is -2.05. The van der Waals surface area contributed by atoms with Crippen molar-refractivity contribution in [2.45, 2.75) is 39.2 Å². The standard InChI is InChI=1S/C15H22O4/c1-12(19-13(2)17)14-7-6-8-15(11-14)18-10-5-3-4-9-16/h6-8,11-12,16H,3-5,9-10H2,1-2H3. The van der Waals surface area contributed by atoms with Gasteiger partial charge in [-0.05, 0) is 43.9 Å². The molecule has 1 N–H and O–H groups in total. The molecule has 0 bridgehead atoms. The van der Waals surface area contributed by atoms with Gasteiger partial charge in [0.15, 0.2) is 0 Å². The quantitative estimate of drug-likeness (QED) is 0.580. The summed E-state index contributed by atoms with van der Waals surface area (Å²) < 4.78 is 10.8. The summed E-state index contributed by atoms with van der Waals surface area (Å²) in [7, 11) is 0. The molecule has 0 fully saturated rings. The Bertz CT molecular complexity index is 389. The van der Waals surface area contributed by atoms with Gasteiger partial charge in [-0.25, -0.2) is 0 Å². The van der Waals surface area contributed by atoms with Gasteiger partial charge in [0.05, 0.1) is 6.61 Å². The van der Waals surface area contributed by atoms with Crippen LogP contribution in [-0.2, 0) is 9.53 Å². The second-order valence-electron chi connectivity index (χ2n) is 4.46. The Balaban J connectivity index is 2.45. The van der Waals surface area contributed by atoms with Crippen LogP contribution in [0.2, 0.25) is 0 Å². The van der Waals surface area contributed by atoms with Crippen molar-refractivity contribution in [2.75, 3.05) is 13.2 Å². The zero-order chi connectivity index (χ0) is 14.1. The van der Waals surface area contributed by atoms with Crippen molar-refractivity contribution in [1.29, 1.82) is 0 Å². The van der Waals surface area contributed by atoms with Gasteiger partial charge in [0, 0.05) is 13.5 Å². The highest BCUT2D eigenvalue weighted by molar-refractivity contribution is 5.66. The zero-order valence-electron chi connectivity index (χ0n) is 11.6. The van der Waals surface area contributed by atoms with Gasteiger partial charge in [0.25, 0.3) is 0 Å². The van der Waals surface area contributed by atoms with Gasteiger partial charge in [-0.3, -0.25) is 4.79 Å². The molecule has 19 heavy (non-hydrogen) atoms. The zero-order valence-corrected chi connectivity index (χ0v) is 11.6. The minimum absolute atomic E-state index is 0.232. The molecule has 0 aromatic heterocycles. The summed E-state index contributed by atoms with van der Waals surface area (Å²) in [5, 5.41) is 8.67. The first-order chi connectivity index (χ1) is 9.13. The normalized spacial score (nSPS) is 11.9. The fraction of sp³-hybridized carbons (Fsp3) is 0.533. The average molecular weight is 266 g/mol. The lowest BCUT2D eigenvalue weighted by molar-refractivity contribution is -0.145. The second kappa shape index (κ2) is 8.53. The highest BCUT2D eigenvalue weighted by Crippen LogP contribution is 2.22. The maximum atomic E-state index is 10.9. The molecule has 0 aliphatic carbocycles. The van der Waals surface area contributed by atoms with Crippen LogP contribution in [0.4, 0.5) is 0 Å². The maximum absolute atomic E-state index is 10.9. The summed E-state index contributed by atoms with van der Waals surface area (Å²) in [5.74, 6) is 0.489. The van der Waals surface area contributed by atoms with E-state index in [1.54, 1.807) is 0 Å². The largest absolute Gasteiger partial charge is 0.494 e. The Morgan fingerprint density at radius 1 is 1.32 bits per heavy atom. The monoisotopic (exact) mass is 266 g/mol. The fourth-order valence-corrected chi connectivity index (χ4v) is 1.75. The molecule has 0 aliphatic heterocycles. The van der Waals surface area contributed by atoms with Crippen LogP contribution >= 0.6 is 0 Å². The number of aliphatic hydroxyl groups is 1. The van der Waals surface area contributed by atoms with Crippen LogP contribution in [0, 0.1) is 0 Å². The van der Waals surface area contributed by atoms with E-state index in [-0.39, 0.29) is 18.7 Å². The first-order valence-corrected chi connectivity index (χ1v) is 6.64. The van der Waals surface area contributed by atoms with Gasteiger partial charge >= 0.3 is 5.97 Å². The number of esters is 1. The molecule has 0 radical (unpaired) electrons. The van der Waals surface area contributed by atoms with Gasteiger partial charge in [0.2, 0.25) is 0 Å². The van der Waals surface area contributed by atoms with Gasteiger partial charge < -0.3 is 14.6 Å². The van der Waals surface area contributed by atoms with E-state index in [0.29, 0.717) is 6.61 Å². The van der Waals surface area contributed by atoms with Gasteiger partial charge in [-0.1, -0.05) is 12.1 Å². The van der Waals surface area contributed by atoms with Crippen LogP contribution in [0.15, 0.2) is 24.3 Å².